The van der Waals surface area contributed by atoms with Crippen molar-refractivity contribution in [1.29, 1.82) is 0 Å². The van der Waals surface area contributed by atoms with E-state index in [1.54, 1.807) is 27.0 Å². The maximum absolute atomic E-state index is 11.0. The Morgan fingerprint density at radius 2 is 2.11 bits per heavy atom. The first-order chi connectivity index (χ1) is 8.36. The number of carbonyl (C=O) groups is 1. The molecule has 98 valence electrons. The molecule has 2 atom stereocenters. The Morgan fingerprint density at radius 3 is 2.67 bits per heavy atom. The van der Waals surface area contributed by atoms with Gasteiger partial charge in [0.15, 0.2) is 0 Å². The lowest BCUT2D eigenvalue weighted by Gasteiger charge is -2.42. The zero-order chi connectivity index (χ0) is 13.5. The second kappa shape index (κ2) is 4.26. The molecular formula is C13H17NO4. The molecule has 1 heterocycles. The minimum atomic E-state index is -0.994. The summed E-state index contributed by atoms with van der Waals surface area (Å²) in [5, 5.41) is 22.2. The molecule has 18 heavy (non-hydrogen) atoms. The van der Waals surface area contributed by atoms with E-state index in [-0.39, 0.29) is 11.6 Å². The number of nitrogens with one attached hydrogen (secondary N) is 1. The number of aliphatic hydroxyl groups excluding tert-OH is 1. The molecule has 0 aliphatic carbocycles. The molecule has 0 bridgehead atoms. The lowest BCUT2D eigenvalue weighted by atomic mass is 9.86. The molecule has 2 rings (SSSR count). The summed E-state index contributed by atoms with van der Waals surface area (Å²) < 4.78 is 5.72. The maximum Gasteiger partial charge on any atom is 0.335 e. The van der Waals surface area contributed by atoms with Crippen molar-refractivity contribution in [2.45, 2.75) is 31.6 Å². The van der Waals surface area contributed by atoms with Crippen molar-refractivity contribution >= 4 is 5.97 Å². The zero-order valence-electron chi connectivity index (χ0n) is 10.6. The van der Waals surface area contributed by atoms with Crippen molar-refractivity contribution in [3.8, 4) is 5.75 Å². The molecule has 1 aliphatic rings. The molecule has 0 saturated carbocycles. The van der Waals surface area contributed by atoms with Gasteiger partial charge in [-0.25, -0.2) is 4.79 Å². The second-order valence-electron chi connectivity index (χ2n) is 4.97. The van der Waals surface area contributed by atoms with Crippen LogP contribution in [0.4, 0.5) is 0 Å². The highest BCUT2D eigenvalue weighted by molar-refractivity contribution is 5.88. The molecule has 0 fully saturated rings. The molecule has 5 nitrogen and oxygen atoms in total. The summed E-state index contributed by atoms with van der Waals surface area (Å²) in [5.41, 5.74) is 0.138. The highest BCUT2D eigenvalue weighted by Crippen LogP contribution is 2.39. The monoisotopic (exact) mass is 251 g/mol. The van der Waals surface area contributed by atoms with Gasteiger partial charge in [0, 0.05) is 5.56 Å². The van der Waals surface area contributed by atoms with Crippen LogP contribution in [0, 0.1) is 0 Å². The molecule has 0 unspecified atom stereocenters. The Kier molecular flexibility index (Phi) is 3.04. The highest BCUT2D eigenvalue weighted by Gasteiger charge is 2.42. The first kappa shape index (κ1) is 12.9. The van der Waals surface area contributed by atoms with E-state index in [4.69, 9.17) is 9.84 Å². The van der Waals surface area contributed by atoms with Gasteiger partial charge in [0.1, 0.15) is 17.5 Å². The fourth-order valence-electron chi connectivity index (χ4n) is 2.25. The Morgan fingerprint density at radius 1 is 1.44 bits per heavy atom. The maximum atomic E-state index is 11.0. The largest absolute Gasteiger partial charge is 0.485 e. The van der Waals surface area contributed by atoms with Crippen LogP contribution in [-0.4, -0.2) is 34.9 Å². The summed E-state index contributed by atoms with van der Waals surface area (Å²) in [6, 6.07) is 4.33. The third-order valence-corrected chi connectivity index (χ3v) is 3.30. The van der Waals surface area contributed by atoms with Crippen molar-refractivity contribution < 1.29 is 19.7 Å². The minimum absolute atomic E-state index is 0.185. The number of carboxylic acids is 1. The number of benzene rings is 1. The van der Waals surface area contributed by atoms with Gasteiger partial charge in [0.2, 0.25) is 0 Å². The van der Waals surface area contributed by atoms with E-state index >= 15 is 0 Å². The summed E-state index contributed by atoms with van der Waals surface area (Å²) in [6.07, 6.45) is -0.751. The second-order valence-corrected chi connectivity index (χ2v) is 4.97. The molecule has 0 aromatic heterocycles. The van der Waals surface area contributed by atoms with Crippen LogP contribution in [0.15, 0.2) is 18.2 Å². The van der Waals surface area contributed by atoms with Crippen LogP contribution < -0.4 is 10.1 Å². The summed E-state index contributed by atoms with van der Waals surface area (Å²) >= 11 is 0. The number of rotatable bonds is 2. The van der Waals surface area contributed by atoms with Gasteiger partial charge < -0.3 is 20.3 Å². The number of aromatic carboxylic acids is 1. The van der Waals surface area contributed by atoms with Gasteiger partial charge in [-0.3, -0.25) is 0 Å². The number of ether oxygens (including phenoxy) is 1. The molecule has 1 aromatic rings. The molecule has 0 radical (unpaired) electrons. The van der Waals surface area contributed by atoms with Gasteiger partial charge in [-0.15, -0.1) is 0 Å². The minimum Gasteiger partial charge on any atom is -0.485 e. The van der Waals surface area contributed by atoms with Gasteiger partial charge in [-0.1, -0.05) is 0 Å². The summed E-state index contributed by atoms with van der Waals surface area (Å²) in [6.45, 7) is 3.60. The van der Waals surface area contributed by atoms with Crippen LogP contribution in [0.25, 0.3) is 0 Å². The van der Waals surface area contributed by atoms with Gasteiger partial charge in [0.25, 0.3) is 0 Å². The van der Waals surface area contributed by atoms with Crippen molar-refractivity contribution in [3.05, 3.63) is 29.3 Å². The SMILES string of the molecule is CN[C@@H]1c2cc(C(=O)O)ccc2OC(C)(C)[C@H]1O. The molecule has 3 N–H and O–H groups in total. The van der Waals surface area contributed by atoms with Crippen LogP contribution in [0.2, 0.25) is 0 Å². The van der Waals surface area contributed by atoms with Gasteiger partial charge in [0.05, 0.1) is 11.6 Å². The number of hydrogen-bond acceptors (Lipinski definition) is 4. The van der Waals surface area contributed by atoms with Crippen LogP contribution in [0.3, 0.4) is 0 Å². The molecule has 0 amide bonds. The van der Waals surface area contributed by atoms with Crippen molar-refractivity contribution in [1.82, 2.24) is 5.32 Å². The van der Waals surface area contributed by atoms with E-state index in [2.05, 4.69) is 5.32 Å². The lowest BCUT2D eigenvalue weighted by molar-refractivity contribution is -0.0632. The van der Waals surface area contributed by atoms with E-state index in [0.29, 0.717) is 11.3 Å². The van der Waals surface area contributed by atoms with Gasteiger partial charge in [-0.05, 0) is 39.1 Å². The van der Waals surface area contributed by atoms with E-state index in [0.717, 1.165) is 0 Å². The lowest BCUT2D eigenvalue weighted by Crippen LogP contribution is -2.52. The summed E-state index contributed by atoms with van der Waals surface area (Å²) in [7, 11) is 1.73. The quantitative estimate of drug-likeness (QED) is 0.735. The van der Waals surface area contributed by atoms with Crippen molar-refractivity contribution in [2.24, 2.45) is 0 Å². The molecule has 1 aliphatic heterocycles. The number of carboxylic acid groups (broad SMARTS) is 1. The van der Waals surface area contributed by atoms with Crippen molar-refractivity contribution in [3.63, 3.8) is 0 Å². The van der Waals surface area contributed by atoms with Crippen LogP contribution in [0.5, 0.6) is 5.75 Å². The van der Waals surface area contributed by atoms with E-state index in [9.17, 15) is 9.90 Å². The molecule has 0 saturated heterocycles. The molecule has 0 spiro atoms. The number of likely N-dealkylation sites (N-methyl/N-ethyl adjacent to an activating group) is 1. The van der Waals surface area contributed by atoms with Crippen LogP contribution >= 0.6 is 0 Å². The summed E-state index contributed by atoms with van der Waals surface area (Å²) in [5.74, 6) is -0.387. The van der Waals surface area contributed by atoms with E-state index < -0.39 is 17.7 Å². The molecule has 1 aromatic carbocycles. The van der Waals surface area contributed by atoms with Gasteiger partial charge in [-0.2, -0.15) is 0 Å². The van der Waals surface area contributed by atoms with Crippen molar-refractivity contribution in [2.75, 3.05) is 7.05 Å². The Hall–Kier alpha value is -1.59. The summed E-state index contributed by atoms with van der Waals surface area (Å²) in [4.78, 5) is 11.0. The fourth-order valence-corrected chi connectivity index (χ4v) is 2.25. The predicted molar refractivity (Wildman–Crippen MR) is 65.9 cm³/mol. The standard InChI is InChI=1S/C13H17NO4/c1-13(2)11(15)10(14-3)8-6-7(12(16)17)4-5-9(8)18-13/h4-6,10-11,14-15H,1-3H3,(H,16,17)/t10-,11+/m1/s1. The third kappa shape index (κ3) is 1.95. The Balaban J connectivity index is 2.53. The number of fused-ring (bicyclic) bond motifs is 1. The highest BCUT2D eigenvalue weighted by atomic mass is 16.5. The Labute approximate surface area is 105 Å². The fraction of sp³-hybridized carbons (Fsp3) is 0.462. The van der Waals surface area contributed by atoms with E-state index in [1.165, 1.54) is 12.1 Å². The van der Waals surface area contributed by atoms with Crippen LogP contribution in [0.1, 0.15) is 35.8 Å². The zero-order valence-corrected chi connectivity index (χ0v) is 10.6. The van der Waals surface area contributed by atoms with Gasteiger partial charge >= 0.3 is 5.97 Å². The predicted octanol–water partition coefficient (Wildman–Crippen LogP) is 1.18. The van der Waals surface area contributed by atoms with E-state index in [1.807, 2.05) is 0 Å². The smallest absolute Gasteiger partial charge is 0.335 e. The molecular weight excluding hydrogens is 234 g/mol. The Bertz CT molecular complexity index is 484. The van der Waals surface area contributed by atoms with Crippen LogP contribution in [-0.2, 0) is 0 Å². The first-order valence-corrected chi connectivity index (χ1v) is 5.78. The average Bonchev–Trinajstić information content (AvgIpc) is 2.30. The third-order valence-electron chi connectivity index (χ3n) is 3.30. The number of aliphatic hydroxyl groups is 1. The first-order valence-electron chi connectivity index (χ1n) is 5.78. The molecule has 5 heteroatoms. The topological polar surface area (TPSA) is 78.8 Å². The normalized spacial score (nSPS) is 25.1. The average molecular weight is 251 g/mol. The number of hydrogen-bond donors (Lipinski definition) is 3.